The number of hydrogen-bond acceptors (Lipinski definition) is 6. The Balaban J connectivity index is 1.56. The zero-order chi connectivity index (χ0) is 21.2. The van der Waals surface area contributed by atoms with Gasteiger partial charge in [-0.2, -0.15) is 0 Å². The highest BCUT2D eigenvalue weighted by atomic mass is 35.5. The van der Waals surface area contributed by atoms with Gasteiger partial charge in [0.15, 0.2) is 11.6 Å². The van der Waals surface area contributed by atoms with Crippen molar-refractivity contribution < 1.29 is 13.9 Å². The molecule has 31 heavy (non-hydrogen) atoms. The first-order chi connectivity index (χ1) is 15.2. The van der Waals surface area contributed by atoms with Crippen LogP contribution < -0.4 is 4.90 Å². The number of thiophene rings is 1. The quantitative estimate of drug-likeness (QED) is 0.358. The fraction of sp³-hybridized carbons (Fsp3) is 0.130. The van der Waals surface area contributed by atoms with Gasteiger partial charge in [-0.15, -0.1) is 11.3 Å². The van der Waals surface area contributed by atoms with Crippen LogP contribution in [0.15, 0.2) is 72.9 Å². The number of rotatable bonds is 6. The fourth-order valence-corrected chi connectivity index (χ4v) is 4.72. The van der Waals surface area contributed by atoms with Gasteiger partial charge in [-0.1, -0.05) is 48.0 Å². The highest BCUT2D eigenvalue weighted by molar-refractivity contribution is 7.22. The van der Waals surface area contributed by atoms with Crippen LogP contribution >= 0.6 is 22.9 Å². The lowest BCUT2D eigenvalue weighted by molar-refractivity contribution is 0.0797. The molecule has 1 aliphatic heterocycles. The van der Waals surface area contributed by atoms with E-state index in [1.54, 1.807) is 36.1 Å². The van der Waals surface area contributed by atoms with Gasteiger partial charge in [0.2, 0.25) is 6.79 Å². The largest absolute Gasteiger partial charge is 0.462 e. The summed E-state index contributed by atoms with van der Waals surface area (Å²) >= 11 is 7.54. The molecule has 0 saturated heterocycles. The summed E-state index contributed by atoms with van der Waals surface area (Å²) in [5.74, 6) is 1.10. The van der Waals surface area contributed by atoms with Crippen molar-refractivity contribution in [2.24, 2.45) is 0 Å². The number of halogens is 2. The number of ether oxygens (including phenoxy) is 2. The van der Waals surface area contributed by atoms with Gasteiger partial charge in [-0.25, -0.2) is 14.4 Å². The molecule has 3 heterocycles. The second-order valence-corrected chi connectivity index (χ2v) is 8.47. The molecule has 4 aromatic rings. The molecule has 0 spiro atoms. The summed E-state index contributed by atoms with van der Waals surface area (Å²) in [5, 5.41) is 0.0947. The lowest BCUT2D eigenvalue weighted by Crippen LogP contribution is -2.26. The van der Waals surface area contributed by atoms with E-state index in [1.807, 2.05) is 24.3 Å². The molecule has 0 fully saturated rings. The van der Waals surface area contributed by atoms with Crippen molar-refractivity contribution in [3.63, 3.8) is 0 Å². The molecule has 0 bridgehead atoms. The molecule has 0 unspecified atom stereocenters. The lowest BCUT2D eigenvalue weighted by Gasteiger charge is -2.24. The molecule has 1 aliphatic rings. The molecule has 2 aromatic heterocycles. The van der Waals surface area contributed by atoms with E-state index >= 15 is 0 Å². The van der Waals surface area contributed by atoms with E-state index in [2.05, 4.69) is 27.0 Å². The van der Waals surface area contributed by atoms with Crippen LogP contribution in [0.2, 0.25) is 5.02 Å². The van der Waals surface area contributed by atoms with E-state index in [0.717, 1.165) is 37.8 Å². The molecule has 156 valence electrons. The first-order valence-electron chi connectivity index (χ1n) is 9.59. The van der Waals surface area contributed by atoms with Gasteiger partial charge in [0.1, 0.15) is 18.4 Å². The van der Waals surface area contributed by atoms with Crippen LogP contribution in [-0.2, 0) is 16.0 Å². The minimum absolute atomic E-state index is 0.0947. The van der Waals surface area contributed by atoms with Crippen molar-refractivity contribution in [2.45, 2.75) is 6.54 Å². The van der Waals surface area contributed by atoms with Crippen LogP contribution in [0.3, 0.4) is 0 Å². The van der Waals surface area contributed by atoms with Crippen LogP contribution in [0.5, 0.6) is 0 Å². The normalized spacial score (nSPS) is 13.0. The minimum atomic E-state index is -0.437. The summed E-state index contributed by atoms with van der Waals surface area (Å²) in [4.78, 5) is 12.1. The maximum Gasteiger partial charge on any atom is 0.229 e. The third-order valence-electron chi connectivity index (χ3n) is 4.89. The molecular formula is C23H17ClFN3O2S. The van der Waals surface area contributed by atoms with Gasteiger partial charge in [0, 0.05) is 11.4 Å². The van der Waals surface area contributed by atoms with E-state index in [4.69, 9.17) is 21.1 Å². The third kappa shape index (κ3) is 4.19. The second-order valence-electron chi connectivity index (χ2n) is 7.01. The average molecular weight is 454 g/mol. The maximum absolute atomic E-state index is 13.6. The summed E-state index contributed by atoms with van der Waals surface area (Å²) in [7, 11) is 0. The summed E-state index contributed by atoms with van der Waals surface area (Å²) in [5.41, 5.74) is 2.81. The van der Waals surface area contributed by atoms with Crippen LogP contribution in [0, 0.1) is 5.82 Å². The highest BCUT2D eigenvalue weighted by Crippen LogP contribution is 2.38. The first-order valence-corrected chi connectivity index (χ1v) is 10.8. The Hall–Kier alpha value is -3.16. The maximum atomic E-state index is 13.6. The monoisotopic (exact) mass is 453 g/mol. The van der Waals surface area contributed by atoms with E-state index in [0.29, 0.717) is 13.1 Å². The molecule has 5 rings (SSSR count). The van der Waals surface area contributed by atoms with Crippen molar-refractivity contribution in [2.75, 3.05) is 18.2 Å². The molecule has 0 radical (unpaired) electrons. The smallest absolute Gasteiger partial charge is 0.229 e. The number of benzene rings is 2. The minimum Gasteiger partial charge on any atom is -0.462 e. The molecule has 0 N–H and O–H groups in total. The second kappa shape index (κ2) is 8.53. The topological polar surface area (TPSA) is 47.5 Å². The van der Waals surface area contributed by atoms with Gasteiger partial charge in [-0.3, -0.25) is 0 Å². The van der Waals surface area contributed by atoms with E-state index in [-0.39, 0.29) is 11.8 Å². The van der Waals surface area contributed by atoms with Crippen molar-refractivity contribution in [3.8, 4) is 10.4 Å². The number of hydrogen-bond donors (Lipinski definition) is 0. The molecule has 0 aliphatic carbocycles. The van der Waals surface area contributed by atoms with Crippen LogP contribution in [0.25, 0.3) is 20.7 Å². The first kappa shape index (κ1) is 19.8. The number of aromatic nitrogens is 2. The molecule has 2 aromatic carbocycles. The van der Waals surface area contributed by atoms with Gasteiger partial charge >= 0.3 is 0 Å². The standard InChI is InChI=1S/C23H17ClFN3O2S/c24-18-8-16(6-7-19(18)25)21-9-20-22(31-21)23(27-13-26-20)28(11-17-12-29-14-30-17)10-15-4-2-1-3-5-15/h1-9,12-13H,10-11,14H2. The number of fused-ring (bicyclic) bond motifs is 1. The fourth-order valence-electron chi connectivity index (χ4n) is 3.41. The third-order valence-corrected chi connectivity index (χ3v) is 6.35. The molecule has 5 nitrogen and oxygen atoms in total. The summed E-state index contributed by atoms with van der Waals surface area (Å²) < 4.78 is 25.3. The molecule has 0 amide bonds. The number of nitrogens with zero attached hydrogens (tertiary/aromatic N) is 3. The zero-order valence-electron chi connectivity index (χ0n) is 16.3. The van der Waals surface area contributed by atoms with Crippen molar-refractivity contribution >= 4 is 39.0 Å². The van der Waals surface area contributed by atoms with Gasteiger partial charge in [0.25, 0.3) is 0 Å². The molecule has 0 atom stereocenters. The predicted octanol–water partition coefficient (Wildman–Crippen LogP) is 6.00. The van der Waals surface area contributed by atoms with E-state index in [9.17, 15) is 4.39 Å². The molecule has 8 heteroatoms. The van der Waals surface area contributed by atoms with E-state index < -0.39 is 5.82 Å². The highest BCUT2D eigenvalue weighted by Gasteiger charge is 2.20. The molecule has 0 saturated carbocycles. The Morgan fingerprint density at radius 1 is 1.06 bits per heavy atom. The Bertz CT molecular complexity index is 1260. The van der Waals surface area contributed by atoms with Gasteiger partial charge in [0.05, 0.1) is 21.8 Å². The summed E-state index contributed by atoms with van der Waals surface area (Å²) in [6, 6.07) is 16.9. The zero-order valence-corrected chi connectivity index (χ0v) is 17.9. The van der Waals surface area contributed by atoms with Crippen molar-refractivity contribution in [1.29, 1.82) is 0 Å². The van der Waals surface area contributed by atoms with Crippen LogP contribution in [0.4, 0.5) is 10.2 Å². The van der Waals surface area contributed by atoms with Crippen molar-refractivity contribution in [3.05, 3.63) is 89.3 Å². The summed E-state index contributed by atoms with van der Waals surface area (Å²) in [6.45, 7) is 1.38. The van der Waals surface area contributed by atoms with Gasteiger partial charge in [-0.05, 0) is 29.3 Å². The summed E-state index contributed by atoms with van der Waals surface area (Å²) in [6.07, 6.45) is 3.20. The Kier molecular flexibility index (Phi) is 5.44. The average Bonchev–Trinajstić information content (AvgIpc) is 3.45. The van der Waals surface area contributed by atoms with E-state index in [1.165, 1.54) is 6.07 Å². The SMILES string of the molecule is Fc1ccc(-c2cc3ncnc(N(CC4=COCO4)Cc4ccccc4)c3s2)cc1Cl. The van der Waals surface area contributed by atoms with Crippen LogP contribution in [0.1, 0.15) is 5.56 Å². The van der Waals surface area contributed by atoms with Crippen LogP contribution in [-0.4, -0.2) is 23.3 Å². The Morgan fingerprint density at radius 2 is 1.94 bits per heavy atom. The lowest BCUT2D eigenvalue weighted by atomic mass is 10.2. The number of anilines is 1. The Labute approximate surface area is 187 Å². The van der Waals surface area contributed by atoms with Crippen molar-refractivity contribution in [1.82, 2.24) is 9.97 Å². The Morgan fingerprint density at radius 3 is 2.71 bits per heavy atom. The van der Waals surface area contributed by atoms with Gasteiger partial charge < -0.3 is 14.4 Å². The molecular weight excluding hydrogens is 437 g/mol. The predicted molar refractivity (Wildman–Crippen MR) is 120 cm³/mol.